The molecule has 2 aromatic heterocycles. The molecule has 12 heteroatoms. The number of nitrogens with zero attached hydrogens (tertiary/aromatic N) is 4. The first-order valence-electron chi connectivity index (χ1n) is 11.8. The number of nitrogens with two attached hydrogens (primary N) is 1. The molecule has 0 radical (unpaired) electrons. The summed E-state index contributed by atoms with van der Waals surface area (Å²) in [6, 6.07) is 7.03. The van der Waals surface area contributed by atoms with Crippen molar-refractivity contribution < 1.29 is 23.9 Å². The number of piperidine rings is 1. The molecule has 0 aliphatic carbocycles. The highest BCUT2D eigenvalue weighted by Gasteiger charge is 2.23. The van der Waals surface area contributed by atoms with Gasteiger partial charge in [-0.25, -0.2) is 9.97 Å². The van der Waals surface area contributed by atoms with E-state index in [1.165, 1.54) is 11.3 Å². The van der Waals surface area contributed by atoms with Gasteiger partial charge in [-0.2, -0.15) is 0 Å². The first kappa shape index (κ1) is 23.8. The first-order chi connectivity index (χ1) is 17.5. The molecule has 3 aromatic rings. The van der Waals surface area contributed by atoms with Gasteiger partial charge in [0, 0.05) is 30.6 Å². The van der Waals surface area contributed by atoms with Gasteiger partial charge in [0.15, 0.2) is 18.1 Å². The Bertz CT molecular complexity index is 1330. The number of carbonyl (C=O) groups excluding carboxylic acids is 2. The van der Waals surface area contributed by atoms with Crippen LogP contribution in [0.15, 0.2) is 29.4 Å². The molecule has 188 valence electrons. The van der Waals surface area contributed by atoms with E-state index in [0.29, 0.717) is 50.1 Å². The van der Waals surface area contributed by atoms with E-state index >= 15 is 0 Å². The number of likely N-dealkylation sites (tertiary alicyclic amines) is 1. The van der Waals surface area contributed by atoms with Gasteiger partial charge in [0.1, 0.15) is 16.2 Å². The van der Waals surface area contributed by atoms with Crippen molar-refractivity contribution in [1.29, 1.82) is 0 Å². The van der Waals surface area contributed by atoms with Crippen molar-refractivity contribution in [3.05, 3.63) is 40.4 Å². The molecule has 3 N–H and O–H groups in total. The largest absolute Gasteiger partial charge is 0.454 e. The molecule has 0 saturated carbocycles. The van der Waals surface area contributed by atoms with Crippen LogP contribution in [-0.4, -0.2) is 65.4 Å². The molecule has 0 spiro atoms. The zero-order valence-corrected chi connectivity index (χ0v) is 20.6. The van der Waals surface area contributed by atoms with E-state index in [-0.39, 0.29) is 31.2 Å². The molecule has 1 saturated heterocycles. The molecule has 36 heavy (non-hydrogen) atoms. The lowest BCUT2D eigenvalue weighted by atomic mass is 10.0. The molecule has 5 rings (SSSR count). The van der Waals surface area contributed by atoms with Crippen LogP contribution < -0.4 is 20.5 Å². The summed E-state index contributed by atoms with van der Waals surface area (Å²) in [7, 11) is 0. The summed E-state index contributed by atoms with van der Waals surface area (Å²) >= 11 is 1.21. The van der Waals surface area contributed by atoms with Crippen molar-refractivity contribution in [3.8, 4) is 11.5 Å². The van der Waals surface area contributed by atoms with Gasteiger partial charge < -0.3 is 30.3 Å². The van der Waals surface area contributed by atoms with Crippen LogP contribution in [-0.2, 0) is 9.63 Å². The molecular weight excluding hydrogens is 484 g/mol. The molecule has 4 heterocycles. The SMILES string of the molecule is CCNC(=O)c1cc2c(C(=NOCC(=O)N3CCCCC3)c3ccc4c(c3)OCO4)nc(N)nc2s1. The fourth-order valence-corrected chi connectivity index (χ4v) is 5.10. The van der Waals surface area contributed by atoms with Crippen molar-refractivity contribution in [2.75, 3.05) is 38.8 Å². The lowest BCUT2D eigenvalue weighted by Crippen LogP contribution is -2.37. The zero-order valence-electron chi connectivity index (χ0n) is 19.8. The van der Waals surface area contributed by atoms with E-state index in [1.807, 2.05) is 6.92 Å². The van der Waals surface area contributed by atoms with E-state index in [9.17, 15) is 9.59 Å². The van der Waals surface area contributed by atoms with Gasteiger partial charge in [-0.15, -0.1) is 11.3 Å². The number of aromatic nitrogens is 2. The maximum Gasteiger partial charge on any atom is 0.263 e. The number of fused-ring (bicyclic) bond motifs is 2. The van der Waals surface area contributed by atoms with Gasteiger partial charge in [0.25, 0.3) is 11.8 Å². The van der Waals surface area contributed by atoms with Crippen LogP contribution in [0.5, 0.6) is 11.5 Å². The highest BCUT2D eigenvalue weighted by Crippen LogP contribution is 2.34. The minimum absolute atomic E-state index is 0.0274. The highest BCUT2D eigenvalue weighted by atomic mass is 32.1. The van der Waals surface area contributed by atoms with Crippen molar-refractivity contribution in [1.82, 2.24) is 20.2 Å². The smallest absolute Gasteiger partial charge is 0.263 e. The second-order valence-electron chi connectivity index (χ2n) is 8.34. The molecule has 2 amide bonds. The summed E-state index contributed by atoms with van der Waals surface area (Å²) in [5, 5.41) is 7.72. The van der Waals surface area contributed by atoms with Crippen molar-refractivity contribution in [2.45, 2.75) is 26.2 Å². The third-order valence-electron chi connectivity index (χ3n) is 5.89. The second-order valence-corrected chi connectivity index (χ2v) is 9.37. The summed E-state index contributed by atoms with van der Waals surface area (Å²) < 4.78 is 11.0. The van der Waals surface area contributed by atoms with Crippen LogP contribution in [0.25, 0.3) is 10.2 Å². The summed E-state index contributed by atoms with van der Waals surface area (Å²) in [4.78, 5) is 42.2. The Morgan fingerprint density at radius 1 is 1.17 bits per heavy atom. The van der Waals surface area contributed by atoms with Gasteiger partial charge in [-0.1, -0.05) is 5.16 Å². The van der Waals surface area contributed by atoms with Crippen LogP contribution in [0, 0.1) is 0 Å². The molecule has 0 unspecified atom stereocenters. The van der Waals surface area contributed by atoms with E-state index in [2.05, 4.69) is 20.4 Å². The van der Waals surface area contributed by atoms with Gasteiger partial charge >= 0.3 is 0 Å². The third-order valence-corrected chi connectivity index (χ3v) is 6.92. The van der Waals surface area contributed by atoms with Gasteiger partial charge in [0.2, 0.25) is 12.7 Å². The fourth-order valence-electron chi connectivity index (χ4n) is 4.14. The molecular formula is C24H26N6O5S. The minimum Gasteiger partial charge on any atom is -0.454 e. The lowest BCUT2D eigenvalue weighted by Gasteiger charge is -2.26. The molecule has 0 bridgehead atoms. The number of ether oxygens (including phenoxy) is 2. The van der Waals surface area contributed by atoms with E-state index in [0.717, 1.165) is 32.4 Å². The number of anilines is 1. The minimum atomic E-state index is -0.213. The fraction of sp³-hybridized carbons (Fsp3) is 0.375. The highest BCUT2D eigenvalue weighted by molar-refractivity contribution is 7.20. The van der Waals surface area contributed by atoms with Gasteiger partial charge in [-0.05, 0) is 50.5 Å². The summed E-state index contributed by atoms with van der Waals surface area (Å²) in [5.74, 6) is 0.858. The van der Waals surface area contributed by atoms with E-state index in [1.54, 1.807) is 29.2 Å². The molecule has 11 nitrogen and oxygen atoms in total. The number of hydrogen-bond donors (Lipinski definition) is 2. The van der Waals surface area contributed by atoms with Crippen molar-refractivity contribution in [3.63, 3.8) is 0 Å². The zero-order chi connectivity index (χ0) is 25.1. The molecule has 1 aromatic carbocycles. The van der Waals surface area contributed by atoms with Crippen LogP contribution in [0.1, 0.15) is 47.1 Å². The molecule has 1 fully saturated rings. The van der Waals surface area contributed by atoms with Gasteiger partial charge in [0.05, 0.1) is 4.88 Å². The maximum atomic E-state index is 12.6. The van der Waals surface area contributed by atoms with Crippen LogP contribution in [0.2, 0.25) is 0 Å². The number of oxime groups is 1. The average Bonchev–Trinajstić information content (AvgIpc) is 3.53. The number of benzene rings is 1. The average molecular weight is 511 g/mol. The summed E-state index contributed by atoms with van der Waals surface area (Å²) in [6.45, 7) is 3.71. The Balaban J connectivity index is 1.53. The number of carbonyl (C=O) groups is 2. The van der Waals surface area contributed by atoms with Crippen molar-refractivity contribution >= 4 is 45.0 Å². The lowest BCUT2D eigenvalue weighted by molar-refractivity contribution is -0.137. The van der Waals surface area contributed by atoms with Crippen LogP contribution >= 0.6 is 11.3 Å². The molecule has 0 atom stereocenters. The molecule has 2 aliphatic heterocycles. The molecule has 2 aliphatic rings. The van der Waals surface area contributed by atoms with E-state index in [4.69, 9.17) is 20.0 Å². The van der Waals surface area contributed by atoms with Gasteiger partial charge in [-0.3, -0.25) is 9.59 Å². The number of nitrogen functional groups attached to an aromatic ring is 1. The quantitative estimate of drug-likeness (QED) is 0.365. The number of rotatable bonds is 7. The topological polar surface area (TPSA) is 141 Å². The predicted octanol–water partition coefficient (Wildman–Crippen LogP) is 2.53. The van der Waals surface area contributed by atoms with E-state index < -0.39 is 0 Å². The summed E-state index contributed by atoms with van der Waals surface area (Å²) in [6.07, 6.45) is 3.10. The number of nitrogens with one attached hydrogen (secondary N) is 1. The normalized spacial score (nSPS) is 15.2. The van der Waals surface area contributed by atoms with Crippen LogP contribution in [0.4, 0.5) is 5.95 Å². The monoisotopic (exact) mass is 510 g/mol. The number of hydrogen-bond acceptors (Lipinski definition) is 10. The summed E-state index contributed by atoms with van der Waals surface area (Å²) in [5.41, 5.74) is 7.37. The maximum absolute atomic E-state index is 12.6. The number of amides is 2. The Morgan fingerprint density at radius 2 is 1.97 bits per heavy atom. The standard InChI is InChI=1S/C24H26N6O5S/c1-2-26-22(32)18-11-15-21(27-24(25)28-23(15)36-18)20(14-6-7-16-17(10-14)34-13-33-16)29-35-12-19(31)30-8-4-3-5-9-30/h6-7,10-11H,2-5,8-9,12-13H2,1H3,(H,26,32)(H2,25,27,28). The number of thiophene rings is 1. The Labute approximate surface area is 211 Å². The third kappa shape index (κ3) is 4.89. The van der Waals surface area contributed by atoms with Crippen molar-refractivity contribution in [2.24, 2.45) is 5.16 Å². The predicted molar refractivity (Wildman–Crippen MR) is 134 cm³/mol. The Morgan fingerprint density at radius 3 is 2.78 bits per heavy atom. The Kier molecular flexibility index (Phi) is 6.85. The Hall–Kier alpha value is -3.93. The van der Waals surface area contributed by atoms with Crippen LogP contribution in [0.3, 0.4) is 0 Å². The first-order valence-corrected chi connectivity index (χ1v) is 12.6. The second kappa shape index (κ2) is 10.4.